The van der Waals surface area contributed by atoms with Crippen LogP contribution in [0.25, 0.3) is 0 Å². The lowest BCUT2D eigenvalue weighted by Crippen LogP contribution is -2.51. The van der Waals surface area contributed by atoms with Gasteiger partial charge in [0, 0.05) is 36.3 Å². The van der Waals surface area contributed by atoms with E-state index in [4.69, 9.17) is 0 Å². The SMILES string of the molecule is Cc1cccc(NC(=O)N2CCN(S(=O)(=O)c3cccc(Br)c3)CC2)c1. The topological polar surface area (TPSA) is 69.7 Å². The molecule has 0 aromatic heterocycles. The summed E-state index contributed by atoms with van der Waals surface area (Å²) in [5.74, 6) is 0. The van der Waals surface area contributed by atoms with Crippen LogP contribution in [0.3, 0.4) is 0 Å². The van der Waals surface area contributed by atoms with Crippen molar-refractivity contribution in [3.8, 4) is 0 Å². The second kappa shape index (κ2) is 7.77. The van der Waals surface area contributed by atoms with Crippen LogP contribution in [-0.2, 0) is 10.0 Å². The molecule has 0 atom stereocenters. The molecule has 1 aliphatic rings. The Morgan fingerprint density at radius 1 is 1.04 bits per heavy atom. The number of nitrogens with zero attached hydrogens (tertiary/aromatic N) is 2. The predicted molar refractivity (Wildman–Crippen MR) is 105 cm³/mol. The number of anilines is 1. The summed E-state index contributed by atoms with van der Waals surface area (Å²) in [7, 11) is -3.55. The highest BCUT2D eigenvalue weighted by atomic mass is 79.9. The Morgan fingerprint density at radius 2 is 1.73 bits per heavy atom. The van der Waals surface area contributed by atoms with Crippen molar-refractivity contribution in [2.45, 2.75) is 11.8 Å². The first kappa shape index (κ1) is 18.9. The molecule has 1 N–H and O–H groups in total. The summed E-state index contributed by atoms with van der Waals surface area (Å²) in [5, 5.41) is 2.86. The Balaban J connectivity index is 1.62. The van der Waals surface area contributed by atoms with Crippen molar-refractivity contribution in [3.05, 3.63) is 58.6 Å². The fourth-order valence-corrected chi connectivity index (χ4v) is 4.85. The van der Waals surface area contributed by atoms with Gasteiger partial charge in [0.2, 0.25) is 10.0 Å². The molecular weight excluding hydrogens is 418 g/mol. The van der Waals surface area contributed by atoms with Gasteiger partial charge < -0.3 is 10.2 Å². The fourth-order valence-electron chi connectivity index (χ4n) is 2.83. The fraction of sp³-hybridized carbons (Fsp3) is 0.278. The number of hydrogen-bond donors (Lipinski definition) is 1. The number of urea groups is 1. The Bertz CT molecular complexity index is 909. The smallest absolute Gasteiger partial charge is 0.321 e. The van der Waals surface area contributed by atoms with Crippen molar-refractivity contribution in [2.24, 2.45) is 0 Å². The summed E-state index contributed by atoms with van der Waals surface area (Å²) in [6, 6.07) is 14.0. The van der Waals surface area contributed by atoms with Crippen LogP contribution in [-0.4, -0.2) is 49.8 Å². The number of halogens is 1. The first-order chi connectivity index (χ1) is 12.4. The normalized spacial score (nSPS) is 15.7. The summed E-state index contributed by atoms with van der Waals surface area (Å²) >= 11 is 3.30. The quantitative estimate of drug-likeness (QED) is 0.800. The molecule has 2 amide bonds. The van der Waals surface area contributed by atoms with E-state index >= 15 is 0 Å². The molecule has 0 unspecified atom stereocenters. The highest BCUT2D eigenvalue weighted by molar-refractivity contribution is 9.10. The summed E-state index contributed by atoms with van der Waals surface area (Å²) in [6.45, 7) is 3.21. The molecule has 1 heterocycles. The van der Waals surface area contributed by atoms with Gasteiger partial charge in [0.25, 0.3) is 0 Å². The van der Waals surface area contributed by atoms with E-state index in [0.29, 0.717) is 13.1 Å². The van der Waals surface area contributed by atoms with Gasteiger partial charge in [-0.1, -0.05) is 34.1 Å². The van der Waals surface area contributed by atoms with E-state index in [-0.39, 0.29) is 24.0 Å². The molecule has 1 fully saturated rings. The second-order valence-corrected chi connectivity index (χ2v) is 9.00. The van der Waals surface area contributed by atoms with Gasteiger partial charge >= 0.3 is 6.03 Å². The largest absolute Gasteiger partial charge is 0.322 e. The Hall–Kier alpha value is -1.90. The van der Waals surface area contributed by atoms with E-state index in [1.165, 1.54) is 4.31 Å². The molecule has 26 heavy (non-hydrogen) atoms. The zero-order valence-corrected chi connectivity index (χ0v) is 16.8. The Labute approximate surface area is 162 Å². The summed E-state index contributed by atoms with van der Waals surface area (Å²) in [4.78, 5) is 14.3. The molecule has 8 heteroatoms. The number of carbonyl (C=O) groups excluding carboxylic acids is 1. The summed E-state index contributed by atoms with van der Waals surface area (Å²) < 4.78 is 27.6. The maximum absolute atomic E-state index is 12.7. The molecule has 2 aromatic rings. The first-order valence-corrected chi connectivity index (χ1v) is 10.5. The molecule has 3 rings (SSSR count). The van der Waals surface area contributed by atoms with Crippen LogP contribution >= 0.6 is 15.9 Å². The number of carbonyl (C=O) groups is 1. The Kier molecular flexibility index (Phi) is 5.64. The van der Waals surface area contributed by atoms with E-state index in [9.17, 15) is 13.2 Å². The van der Waals surface area contributed by atoms with Crippen molar-refractivity contribution in [1.82, 2.24) is 9.21 Å². The van der Waals surface area contributed by atoms with E-state index in [2.05, 4.69) is 21.2 Å². The lowest BCUT2D eigenvalue weighted by Gasteiger charge is -2.34. The third kappa shape index (κ3) is 4.25. The van der Waals surface area contributed by atoms with Crippen LogP contribution in [0.1, 0.15) is 5.56 Å². The maximum Gasteiger partial charge on any atom is 0.321 e. The standard InChI is InChI=1S/C18H20BrN3O3S/c1-14-4-2-6-16(12-14)20-18(23)21-8-10-22(11-9-21)26(24,25)17-7-3-5-15(19)13-17/h2-7,12-13H,8-11H2,1H3,(H,20,23). The van der Waals surface area contributed by atoms with Gasteiger partial charge in [-0.2, -0.15) is 4.31 Å². The average molecular weight is 438 g/mol. The summed E-state index contributed by atoms with van der Waals surface area (Å²) in [6.07, 6.45) is 0. The van der Waals surface area contributed by atoms with Gasteiger partial charge in [-0.3, -0.25) is 0 Å². The van der Waals surface area contributed by atoms with Crippen molar-refractivity contribution < 1.29 is 13.2 Å². The number of amides is 2. The predicted octanol–water partition coefficient (Wildman–Crippen LogP) is 3.30. The molecule has 2 aromatic carbocycles. The third-order valence-corrected chi connectivity index (χ3v) is 6.62. The van der Waals surface area contributed by atoms with Crippen molar-refractivity contribution in [2.75, 3.05) is 31.5 Å². The van der Waals surface area contributed by atoms with Crippen LogP contribution in [0.2, 0.25) is 0 Å². The van der Waals surface area contributed by atoms with Gasteiger partial charge in [-0.25, -0.2) is 13.2 Å². The minimum absolute atomic E-state index is 0.213. The van der Waals surface area contributed by atoms with E-state index in [0.717, 1.165) is 15.7 Å². The van der Waals surface area contributed by atoms with Crippen LogP contribution in [0.4, 0.5) is 10.5 Å². The number of piperazine rings is 1. The minimum Gasteiger partial charge on any atom is -0.322 e. The van der Waals surface area contributed by atoms with E-state index in [1.807, 2.05) is 31.2 Å². The maximum atomic E-state index is 12.7. The molecule has 0 spiro atoms. The molecule has 0 radical (unpaired) electrons. The Morgan fingerprint density at radius 3 is 2.38 bits per heavy atom. The van der Waals surface area contributed by atoms with E-state index in [1.54, 1.807) is 29.2 Å². The lowest BCUT2D eigenvalue weighted by molar-refractivity contribution is 0.184. The van der Waals surface area contributed by atoms with Gasteiger partial charge in [0.15, 0.2) is 0 Å². The van der Waals surface area contributed by atoms with Crippen LogP contribution in [0.5, 0.6) is 0 Å². The highest BCUT2D eigenvalue weighted by Crippen LogP contribution is 2.21. The molecule has 0 aliphatic carbocycles. The van der Waals surface area contributed by atoms with E-state index < -0.39 is 10.0 Å². The van der Waals surface area contributed by atoms with Gasteiger partial charge in [0.05, 0.1) is 4.90 Å². The van der Waals surface area contributed by atoms with Gasteiger partial charge in [0.1, 0.15) is 0 Å². The zero-order valence-electron chi connectivity index (χ0n) is 14.4. The monoisotopic (exact) mass is 437 g/mol. The molecule has 0 saturated carbocycles. The molecular formula is C18H20BrN3O3S. The van der Waals surface area contributed by atoms with Gasteiger partial charge in [-0.15, -0.1) is 0 Å². The molecule has 1 aliphatic heterocycles. The van der Waals surface area contributed by atoms with Gasteiger partial charge in [-0.05, 0) is 42.8 Å². The molecule has 0 bridgehead atoms. The van der Waals surface area contributed by atoms with Crippen molar-refractivity contribution in [1.29, 1.82) is 0 Å². The summed E-state index contributed by atoms with van der Waals surface area (Å²) in [5.41, 5.74) is 1.80. The number of hydrogen-bond acceptors (Lipinski definition) is 3. The number of benzene rings is 2. The zero-order chi connectivity index (χ0) is 18.7. The molecule has 6 nitrogen and oxygen atoms in total. The molecule has 1 saturated heterocycles. The van der Waals surface area contributed by atoms with Crippen LogP contribution in [0, 0.1) is 6.92 Å². The van der Waals surface area contributed by atoms with Crippen molar-refractivity contribution >= 4 is 37.7 Å². The number of nitrogens with one attached hydrogen (secondary N) is 1. The lowest BCUT2D eigenvalue weighted by atomic mass is 10.2. The number of aryl methyl sites for hydroxylation is 1. The van der Waals surface area contributed by atoms with Crippen LogP contribution < -0.4 is 5.32 Å². The molecule has 138 valence electrons. The first-order valence-electron chi connectivity index (χ1n) is 8.24. The average Bonchev–Trinajstić information content (AvgIpc) is 2.62. The van der Waals surface area contributed by atoms with Crippen molar-refractivity contribution in [3.63, 3.8) is 0 Å². The third-order valence-electron chi connectivity index (χ3n) is 4.23. The second-order valence-electron chi connectivity index (χ2n) is 6.15. The number of sulfonamides is 1. The van der Waals surface area contributed by atoms with Crippen LogP contribution in [0.15, 0.2) is 57.9 Å². The minimum atomic E-state index is -3.55. The number of rotatable bonds is 3. The highest BCUT2D eigenvalue weighted by Gasteiger charge is 2.30.